The third-order valence-corrected chi connectivity index (χ3v) is 3.51. The van der Waals surface area contributed by atoms with Crippen LogP contribution in [0.25, 0.3) is 6.08 Å². The van der Waals surface area contributed by atoms with Gasteiger partial charge in [0.2, 0.25) is 0 Å². The monoisotopic (exact) mass is 350 g/mol. The number of carbonyl (C=O) groups is 1. The van der Waals surface area contributed by atoms with Crippen molar-refractivity contribution in [2.24, 2.45) is 5.84 Å². The minimum absolute atomic E-state index is 0.167. The molecule has 0 saturated carbocycles. The summed E-state index contributed by atoms with van der Waals surface area (Å²) in [6.07, 6.45) is 2.89. The minimum atomic E-state index is -0.416. The molecule has 0 fully saturated rings. The number of hydrogen-bond acceptors (Lipinski definition) is 4. The summed E-state index contributed by atoms with van der Waals surface area (Å²) in [6.45, 7) is 0.167. The average Bonchev–Trinajstić information content (AvgIpc) is 2.59. The van der Waals surface area contributed by atoms with Crippen LogP contribution < -0.4 is 20.7 Å². The van der Waals surface area contributed by atoms with Crippen molar-refractivity contribution in [3.8, 4) is 11.5 Å². The number of hydrogen-bond donors (Lipinski definition) is 2. The number of hydrazine groups is 1. The summed E-state index contributed by atoms with van der Waals surface area (Å²) < 4.78 is 24.0. The van der Waals surface area contributed by atoms with E-state index in [2.05, 4.69) is 0 Å². The highest BCUT2D eigenvalue weighted by molar-refractivity contribution is 6.31. The van der Waals surface area contributed by atoms with Gasteiger partial charge < -0.3 is 9.47 Å². The summed E-state index contributed by atoms with van der Waals surface area (Å²) in [7, 11) is 1.51. The van der Waals surface area contributed by atoms with Crippen LogP contribution in [0.1, 0.15) is 11.1 Å². The zero-order valence-corrected chi connectivity index (χ0v) is 13.6. The van der Waals surface area contributed by atoms with Crippen LogP contribution in [0, 0.1) is 5.82 Å². The molecule has 0 radical (unpaired) electrons. The van der Waals surface area contributed by atoms with Crippen LogP contribution in [0.3, 0.4) is 0 Å². The quantitative estimate of drug-likeness (QED) is 0.363. The number of nitrogens with one attached hydrogen (secondary N) is 1. The second-order valence-electron chi connectivity index (χ2n) is 4.78. The second-order valence-corrected chi connectivity index (χ2v) is 5.18. The van der Waals surface area contributed by atoms with Gasteiger partial charge in [-0.2, -0.15) is 0 Å². The lowest BCUT2D eigenvalue weighted by molar-refractivity contribution is -0.116. The third-order valence-electron chi connectivity index (χ3n) is 3.16. The normalized spacial score (nSPS) is 10.7. The van der Waals surface area contributed by atoms with Gasteiger partial charge >= 0.3 is 0 Å². The van der Waals surface area contributed by atoms with Crippen LogP contribution >= 0.6 is 11.6 Å². The molecule has 0 aliphatic rings. The van der Waals surface area contributed by atoms with Gasteiger partial charge in [-0.25, -0.2) is 10.2 Å². The van der Waals surface area contributed by atoms with E-state index in [9.17, 15) is 9.18 Å². The first-order valence-electron chi connectivity index (χ1n) is 6.97. The van der Waals surface area contributed by atoms with E-state index in [4.69, 9.17) is 26.9 Å². The number of ether oxygens (including phenoxy) is 2. The van der Waals surface area contributed by atoms with Crippen molar-refractivity contribution in [3.05, 3.63) is 64.4 Å². The Bertz CT molecular complexity index is 765. The standard InChI is InChI=1S/C17H16ClFN2O3/c1-23-16-8-11(3-7-17(22)21-20)2-6-15(16)24-10-12-4-5-13(19)9-14(12)18/h2-9H,10,20H2,1H3,(H,21,22)/b7-3+. The van der Waals surface area contributed by atoms with Crippen LogP contribution in [0.4, 0.5) is 4.39 Å². The molecule has 24 heavy (non-hydrogen) atoms. The Labute approximate surface area is 143 Å². The molecule has 0 aliphatic heterocycles. The van der Waals surface area contributed by atoms with E-state index >= 15 is 0 Å². The van der Waals surface area contributed by atoms with Crippen molar-refractivity contribution in [2.45, 2.75) is 6.61 Å². The molecule has 2 rings (SSSR count). The first kappa shape index (κ1) is 17.8. The van der Waals surface area contributed by atoms with E-state index in [1.54, 1.807) is 30.3 Å². The van der Waals surface area contributed by atoms with Crippen LogP contribution in [-0.4, -0.2) is 13.0 Å². The summed E-state index contributed by atoms with van der Waals surface area (Å²) in [5.74, 6) is 5.17. The van der Waals surface area contributed by atoms with Crippen molar-refractivity contribution >= 4 is 23.6 Å². The number of nitrogens with two attached hydrogens (primary N) is 1. The van der Waals surface area contributed by atoms with Gasteiger partial charge in [-0.3, -0.25) is 10.2 Å². The van der Waals surface area contributed by atoms with Gasteiger partial charge in [-0.05, 0) is 35.9 Å². The number of benzene rings is 2. The summed E-state index contributed by atoms with van der Waals surface area (Å²) in [5, 5.41) is 0.293. The maximum Gasteiger partial charge on any atom is 0.257 e. The molecule has 3 N–H and O–H groups in total. The number of halogens is 2. The largest absolute Gasteiger partial charge is 0.493 e. The number of carbonyl (C=O) groups excluding carboxylic acids is 1. The Kier molecular flexibility index (Phi) is 6.17. The zero-order chi connectivity index (χ0) is 17.5. The summed E-state index contributed by atoms with van der Waals surface area (Å²) in [5.41, 5.74) is 3.40. The first-order chi connectivity index (χ1) is 11.5. The molecular formula is C17H16ClFN2O3. The highest BCUT2D eigenvalue weighted by Crippen LogP contribution is 2.30. The van der Waals surface area contributed by atoms with Gasteiger partial charge in [0.05, 0.1) is 12.1 Å². The number of rotatable bonds is 6. The number of methoxy groups -OCH3 is 1. The Balaban J connectivity index is 2.12. The fourth-order valence-electron chi connectivity index (χ4n) is 1.92. The van der Waals surface area contributed by atoms with E-state index in [0.717, 1.165) is 5.56 Å². The van der Waals surface area contributed by atoms with Crippen molar-refractivity contribution < 1.29 is 18.7 Å². The summed E-state index contributed by atoms with van der Waals surface area (Å²) >= 11 is 5.97. The maximum atomic E-state index is 13.0. The van der Waals surface area contributed by atoms with Crippen LogP contribution in [0.15, 0.2) is 42.5 Å². The van der Waals surface area contributed by atoms with Crippen molar-refractivity contribution in [1.82, 2.24) is 5.43 Å². The summed E-state index contributed by atoms with van der Waals surface area (Å²) in [4.78, 5) is 11.1. The van der Waals surface area contributed by atoms with E-state index in [1.807, 2.05) is 5.43 Å². The molecule has 0 aromatic heterocycles. The van der Waals surface area contributed by atoms with Crippen molar-refractivity contribution in [2.75, 3.05) is 7.11 Å². The lowest BCUT2D eigenvalue weighted by Gasteiger charge is -2.12. The van der Waals surface area contributed by atoms with Gasteiger partial charge in [0.1, 0.15) is 12.4 Å². The van der Waals surface area contributed by atoms with Crippen molar-refractivity contribution in [3.63, 3.8) is 0 Å². The first-order valence-corrected chi connectivity index (χ1v) is 7.34. The maximum absolute atomic E-state index is 13.0. The molecule has 7 heteroatoms. The smallest absolute Gasteiger partial charge is 0.257 e. The predicted molar refractivity (Wildman–Crippen MR) is 90.1 cm³/mol. The third kappa shape index (κ3) is 4.71. The predicted octanol–water partition coefficient (Wildman–Crippen LogP) is 3.07. The number of amides is 1. The molecule has 2 aromatic carbocycles. The van der Waals surface area contributed by atoms with E-state index < -0.39 is 11.7 Å². The molecule has 0 aliphatic carbocycles. The molecule has 2 aromatic rings. The van der Waals surface area contributed by atoms with E-state index in [1.165, 1.54) is 25.3 Å². The lowest BCUT2D eigenvalue weighted by Crippen LogP contribution is -2.27. The topological polar surface area (TPSA) is 73.6 Å². The molecule has 0 unspecified atom stereocenters. The molecule has 1 amide bonds. The van der Waals surface area contributed by atoms with Crippen LogP contribution in [-0.2, 0) is 11.4 Å². The molecule has 5 nitrogen and oxygen atoms in total. The van der Waals surface area contributed by atoms with Crippen molar-refractivity contribution in [1.29, 1.82) is 0 Å². The Morgan fingerprint density at radius 1 is 1.29 bits per heavy atom. The van der Waals surface area contributed by atoms with Gasteiger partial charge in [0, 0.05) is 11.6 Å². The van der Waals surface area contributed by atoms with Gasteiger partial charge in [-0.1, -0.05) is 23.7 Å². The van der Waals surface area contributed by atoms with Gasteiger partial charge in [0.25, 0.3) is 5.91 Å². The summed E-state index contributed by atoms with van der Waals surface area (Å²) in [6, 6.07) is 9.28. The molecule has 0 heterocycles. The Morgan fingerprint density at radius 3 is 2.75 bits per heavy atom. The van der Waals surface area contributed by atoms with Gasteiger partial charge in [-0.15, -0.1) is 0 Å². The van der Waals surface area contributed by atoms with E-state index in [0.29, 0.717) is 22.1 Å². The minimum Gasteiger partial charge on any atom is -0.493 e. The second kappa shape index (κ2) is 8.33. The molecule has 126 valence electrons. The zero-order valence-electron chi connectivity index (χ0n) is 12.9. The molecule has 0 bridgehead atoms. The SMILES string of the molecule is COc1cc(/C=C/C(=O)NN)ccc1OCc1ccc(F)cc1Cl. The molecular weight excluding hydrogens is 335 g/mol. The molecule has 0 atom stereocenters. The highest BCUT2D eigenvalue weighted by atomic mass is 35.5. The lowest BCUT2D eigenvalue weighted by atomic mass is 10.2. The van der Waals surface area contributed by atoms with E-state index in [-0.39, 0.29) is 6.61 Å². The average molecular weight is 351 g/mol. The highest BCUT2D eigenvalue weighted by Gasteiger charge is 2.08. The fourth-order valence-corrected chi connectivity index (χ4v) is 2.14. The van der Waals surface area contributed by atoms with Gasteiger partial charge in [0.15, 0.2) is 11.5 Å². The van der Waals surface area contributed by atoms with Crippen LogP contribution in [0.2, 0.25) is 5.02 Å². The Morgan fingerprint density at radius 2 is 2.08 bits per heavy atom. The van der Waals surface area contributed by atoms with Crippen LogP contribution in [0.5, 0.6) is 11.5 Å². The molecule has 0 spiro atoms. The fraction of sp³-hybridized carbons (Fsp3) is 0.118. The Hall–Kier alpha value is -2.57. The molecule has 0 saturated heterocycles.